The highest BCUT2D eigenvalue weighted by atomic mass is 35.5. The van der Waals surface area contributed by atoms with Crippen LogP contribution in [0.5, 0.6) is 5.75 Å². The Kier molecular flexibility index (Phi) is 9.82. The van der Waals surface area contributed by atoms with Crippen molar-refractivity contribution >= 4 is 33.2 Å². The number of allylic oxidation sites excluding steroid dienone is 1. The number of aliphatic hydroxyl groups is 2. The predicted molar refractivity (Wildman–Crippen MR) is 164 cm³/mol. The average molecular weight is 617 g/mol. The Hall–Kier alpha value is -2.59. The number of benzene rings is 2. The van der Waals surface area contributed by atoms with Crippen molar-refractivity contribution < 1.29 is 28.2 Å². The van der Waals surface area contributed by atoms with Gasteiger partial charge in [0.15, 0.2) is 0 Å². The largest absolute Gasteiger partial charge is 0.487 e. The average Bonchev–Trinajstić information content (AvgIpc) is 2.95. The molecular weight excluding hydrogens is 576 g/mol. The van der Waals surface area contributed by atoms with Gasteiger partial charge in [0.2, 0.25) is 10.0 Å². The Morgan fingerprint density at radius 3 is 2.71 bits per heavy atom. The maximum Gasteiger partial charge on any atom is 0.264 e. The molecule has 2 heterocycles. The number of nitrogens with one attached hydrogen (secondary N) is 1. The van der Waals surface area contributed by atoms with Gasteiger partial charge in [-0.05, 0) is 112 Å². The summed E-state index contributed by atoms with van der Waals surface area (Å²) in [6, 6.07) is 10.9. The van der Waals surface area contributed by atoms with Gasteiger partial charge in [0.05, 0.1) is 23.1 Å². The van der Waals surface area contributed by atoms with Crippen LogP contribution in [0.3, 0.4) is 0 Å². The summed E-state index contributed by atoms with van der Waals surface area (Å²) in [7, 11) is -4.08. The number of halogens is 1. The van der Waals surface area contributed by atoms with Crippen LogP contribution >= 0.6 is 11.6 Å². The summed E-state index contributed by atoms with van der Waals surface area (Å²) >= 11 is 6.30. The number of amides is 1. The monoisotopic (exact) mass is 616 g/mol. The van der Waals surface area contributed by atoms with Gasteiger partial charge in [-0.25, -0.2) is 13.1 Å². The Bertz CT molecular complexity index is 1410. The topological polar surface area (TPSA) is 116 Å². The molecule has 2 aromatic rings. The van der Waals surface area contributed by atoms with Crippen LogP contribution < -0.4 is 14.4 Å². The molecule has 3 aliphatic rings. The van der Waals surface area contributed by atoms with Crippen molar-refractivity contribution in [2.75, 3.05) is 18.0 Å². The Morgan fingerprint density at radius 1 is 1.12 bits per heavy atom. The van der Waals surface area contributed by atoms with E-state index < -0.39 is 33.4 Å². The normalized spacial score (nSPS) is 28.0. The first kappa shape index (κ1) is 30.9. The highest BCUT2D eigenvalue weighted by Gasteiger charge is 2.37. The van der Waals surface area contributed by atoms with E-state index in [1.165, 1.54) is 6.92 Å². The summed E-state index contributed by atoms with van der Waals surface area (Å²) < 4.78 is 35.2. The van der Waals surface area contributed by atoms with E-state index in [0.717, 1.165) is 55.5 Å². The molecular formula is C32H41ClN2O6S. The van der Waals surface area contributed by atoms with Gasteiger partial charge in [0.25, 0.3) is 5.91 Å². The quantitative estimate of drug-likeness (QED) is 0.407. The fourth-order valence-corrected chi connectivity index (χ4v) is 8.06. The number of rotatable bonds is 2. The van der Waals surface area contributed by atoms with Gasteiger partial charge in [-0.15, -0.1) is 0 Å². The second kappa shape index (κ2) is 13.4. The molecule has 1 saturated carbocycles. The van der Waals surface area contributed by atoms with Gasteiger partial charge >= 0.3 is 0 Å². The fraction of sp³-hybridized carbons (Fsp3) is 0.531. The van der Waals surface area contributed by atoms with E-state index in [2.05, 4.69) is 9.62 Å². The molecule has 10 heteroatoms. The molecule has 5 rings (SSSR count). The lowest BCUT2D eigenvalue weighted by molar-refractivity contribution is 0.0461. The van der Waals surface area contributed by atoms with Crippen LogP contribution in [0.1, 0.15) is 73.4 Å². The van der Waals surface area contributed by atoms with Gasteiger partial charge in [0, 0.05) is 23.7 Å². The molecule has 1 fully saturated rings. The summed E-state index contributed by atoms with van der Waals surface area (Å²) in [5, 5.41) is 20.7. The number of anilines is 1. The SMILES string of the molecule is C[C@H](O)C[C@H]1CC/C=C/C(O)[C@@H]2CC[C@H]2CN2CCCCc3cc(Cl)ccc3COc3ccc(cc32)C(=O)NS1(=O)=O. The number of nitrogens with zero attached hydrogens (tertiary/aromatic N) is 1. The van der Waals surface area contributed by atoms with Crippen molar-refractivity contribution in [1.29, 1.82) is 0 Å². The number of sulfonamides is 1. The number of carbonyl (C=O) groups excluding carboxylic acids is 1. The molecule has 0 aromatic heterocycles. The molecule has 3 N–H and O–H groups in total. The standard InChI is InChI=1S/C32H41ClN2O6S/c1-21(36)16-27-7-2-3-8-30(37)28-13-10-24(28)19-35-15-5-4-6-22-17-26(33)12-9-25(22)20-41-31-14-11-23(18-29(31)35)32(38)34-42(27,39)40/h3,8-9,11-12,14,17-18,21,24,27-28,30,36-37H,2,4-7,10,13,15-16,19-20H2,1H3,(H,34,38)/b8-3+/t21-,24-,27+,28+,30?/m0/s1. The van der Waals surface area contributed by atoms with Crippen molar-refractivity contribution in [3.63, 3.8) is 0 Å². The number of aryl methyl sites for hydroxylation is 1. The van der Waals surface area contributed by atoms with E-state index >= 15 is 0 Å². The third-order valence-electron chi connectivity index (χ3n) is 8.87. The van der Waals surface area contributed by atoms with E-state index in [1.54, 1.807) is 24.3 Å². The van der Waals surface area contributed by atoms with Crippen LogP contribution in [0.15, 0.2) is 48.6 Å². The lowest BCUT2D eigenvalue weighted by atomic mass is 9.70. The second-order valence-electron chi connectivity index (χ2n) is 12.0. The molecule has 1 amide bonds. The lowest BCUT2D eigenvalue weighted by Crippen LogP contribution is -2.43. The summed E-state index contributed by atoms with van der Waals surface area (Å²) in [5.74, 6) is 0.280. The van der Waals surface area contributed by atoms with Gasteiger partial charge in [0.1, 0.15) is 12.4 Å². The highest BCUT2D eigenvalue weighted by molar-refractivity contribution is 7.90. The third kappa shape index (κ3) is 7.30. The maximum atomic E-state index is 13.4. The molecule has 42 heavy (non-hydrogen) atoms. The molecule has 228 valence electrons. The number of aliphatic hydroxyl groups excluding tert-OH is 2. The van der Waals surface area contributed by atoms with E-state index in [4.69, 9.17) is 16.3 Å². The molecule has 0 radical (unpaired) electrons. The van der Waals surface area contributed by atoms with Crippen LogP contribution in [0.4, 0.5) is 5.69 Å². The minimum absolute atomic E-state index is 0.00218. The molecule has 2 bridgehead atoms. The first-order valence-electron chi connectivity index (χ1n) is 15.0. The number of carbonyl (C=O) groups is 1. The van der Waals surface area contributed by atoms with Crippen molar-refractivity contribution in [2.45, 2.75) is 82.4 Å². The lowest BCUT2D eigenvalue weighted by Gasteiger charge is -2.42. The Labute approximate surface area is 253 Å². The first-order valence-corrected chi connectivity index (χ1v) is 16.9. The summed E-state index contributed by atoms with van der Waals surface area (Å²) in [6.45, 7) is 3.30. The van der Waals surface area contributed by atoms with Crippen LogP contribution in [-0.4, -0.2) is 55.1 Å². The molecule has 5 atom stereocenters. The molecule has 8 nitrogen and oxygen atoms in total. The van der Waals surface area contributed by atoms with Crippen molar-refractivity contribution in [3.8, 4) is 5.75 Å². The molecule has 2 aliphatic heterocycles. The van der Waals surface area contributed by atoms with Crippen molar-refractivity contribution in [1.82, 2.24) is 4.72 Å². The zero-order chi connectivity index (χ0) is 29.9. The third-order valence-corrected chi connectivity index (χ3v) is 10.9. The van der Waals surface area contributed by atoms with Crippen molar-refractivity contribution in [2.24, 2.45) is 11.8 Å². The van der Waals surface area contributed by atoms with Gasteiger partial charge in [-0.3, -0.25) is 4.79 Å². The number of fused-ring (bicyclic) bond motifs is 3. The van der Waals surface area contributed by atoms with Crippen LogP contribution in [0.2, 0.25) is 5.02 Å². The van der Waals surface area contributed by atoms with Crippen LogP contribution in [-0.2, 0) is 23.1 Å². The number of hydrogen-bond donors (Lipinski definition) is 3. The summed E-state index contributed by atoms with van der Waals surface area (Å²) in [4.78, 5) is 15.6. The van der Waals surface area contributed by atoms with E-state index in [-0.39, 0.29) is 30.2 Å². The molecule has 0 saturated heterocycles. The van der Waals surface area contributed by atoms with Gasteiger partial charge < -0.3 is 19.8 Å². The summed E-state index contributed by atoms with van der Waals surface area (Å²) in [6.07, 6.45) is 7.42. The molecule has 0 spiro atoms. The fourth-order valence-electron chi connectivity index (χ4n) is 6.35. The summed E-state index contributed by atoms with van der Waals surface area (Å²) in [5.41, 5.74) is 3.17. The minimum atomic E-state index is -4.08. The highest BCUT2D eigenvalue weighted by Crippen LogP contribution is 2.41. The first-order chi connectivity index (χ1) is 20.1. The van der Waals surface area contributed by atoms with Crippen molar-refractivity contribution in [3.05, 3.63) is 70.3 Å². The Morgan fingerprint density at radius 2 is 1.95 bits per heavy atom. The van der Waals surface area contributed by atoms with Crippen LogP contribution in [0, 0.1) is 11.8 Å². The Balaban J connectivity index is 1.53. The van der Waals surface area contributed by atoms with E-state index in [1.807, 2.05) is 24.3 Å². The molecule has 2 aromatic carbocycles. The van der Waals surface area contributed by atoms with Gasteiger partial charge in [-0.1, -0.05) is 29.8 Å². The second-order valence-corrected chi connectivity index (χ2v) is 14.4. The zero-order valence-electron chi connectivity index (χ0n) is 24.0. The maximum absolute atomic E-state index is 13.4. The number of hydrogen-bond acceptors (Lipinski definition) is 7. The zero-order valence-corrected chi connectivity index (χ0v) is 25.6. The predicted octanol–water partition coefficient (Wildman–Crippen LogP) is 5.00. The van der Waals surface area contributed by atoms with E-state index in [9.17, 15) is 23.4 Å². The molecule has 1 unspecified atom stereocenters. The smallest absolute Gasteiger partial charge is 0.264 e. The minimum Gasteiger partial charge on any atom is -0.487 e. The number of ether oxygens (including phenoxy) is 1. The van der Waals surface area contributed by atoms with Crippen LogP contribution in [0.25, 0.3) is 0 Å². The molecule has 1 aliphatic carbocycles. The van der Waals surface area contributed by atoms with E-state index in [0.29, 0.717) is 30.3 Å². The van der Waals surface area contributed by atoms with Gasteiger partial charge in [-0.2, -0.15) is 0 Å².